The summed E-state index contributed by atoms with van der Waals surface area (Å²) < 4.78 is 20.7. The van der Waals surface area contributed by atoms with Crippen LogP contribution in [0, 0.1) is 6.92 Å². The van der Waals surface area contributed by atoms with Gasteiger partial charge in [-0.2, -0.15) is 4.98 Å². The Labute approximate surface area is 166 Å². The summed E-state index contributed by atoms with van der Waals surface area (Å²) in [6, 6.07) is 8.51. The van der Waals surface area contributed by atoms with E-state index in [1.54, 1.807) is 26.2 Å². The Morgan fingerprint density at radius 2 is 2.00 bits per heavy atom. The molecule has 0 bridgehead atoms. The van der Waals surface area contributed by atoms with Gasteiger partial charge in [-0.25, -0.2) is 0 Å². The van der Waals surface area contributed by atoms with E-state index in [0.717, 1.165) is 5.56 Å². The molecule has 0 saturated heterocycles. The van der Waals surface area contributed by atoms with E-state index < -0.39 is 5.91 Å². The van der Waals surface area contributed by atoms with Crippen LogP contribution in [0.4, 0.5) is 0 Å². The largest absolute Gasteiger partial charge is 0.482 e. The molecule has 0 atom stereocenters. The SMILES string of the molecule is COCCCNC(=O)c1nc(-c2ccc(COc3c(C)occc3=O)cc2)no1. The lowest BCUT2D eigenvalue weighted by molar-refractivity contribution is 0.0905. The van der Waals surface area contributed by atoms with Crippen molar-refractivity contribution in [3.63, 3.8) is 0 Å². The molecule has 1 aromatic carbocycles. The van der Waals surface area contributed by atoms with Crippen molar-refractivity contribution >= 4 is 5.91 Å². The van der Waals surface area contributed by atoms with Crippen molar-refractivity contribution in [2.45, 2.75) is 20.0 Å². The maximum absolute atomic E-state index is 12.0. The van der Waals surface area contributed by atoms with Crippen molar-refractivity contribution in [2.75, 3.05) is 20.3 Å². The molecule has 0 aliphatic heterocycles. The van der Waals surface area contributed by atoms with Gasteiger partial charge in [0.15, 0.2) is 0 Å². The van der Waals surface area contributed by atoms with Crippen LogP contribution in [0.5, 0.6) is 5.75 Å². The fraction of sp³-hybridized carbons (Fsp3) is 0.300. The third kappa shape index (κ3) is 5.29. The summed E-state index contributed by atoms with van der Waals surface area (Å²) in [6.07, 6.45) is 2.02. The summed E-state index contributed by atoms with van der Waals surface area (Å²) in [4.78, 5) is 27.9. The van der Waals surface area contributed by atoms with Gasteiger partial charge in [-0.1, -0.05) is 29.4 Å². The number of benzene rings is 1. The van der Waals surface area contributed by atoms with Gasteiger partial charge in [0.25, 0.3) is 0 Å². The summed E-state index contributed by atoms with van der Waals surface area (Å²) in [7, 11) is 1.60. The van der Waals surface area contributed by atoms with Crippen molar-refractivity contribution in [3.05, 3.63) is 64.0 Å². The molecule has 1 amide bonds. The number of carbonyl (C=O) groups excluding carboxylic acids is 1. The first-order chi connectivity index (χ1) is 14.1. The molecule has 2 aromatic heterocycles. The van der Waals surface area contributed by atoms with Crippen LogP contribution in [0.25, 0.3) is 11.4 Å². The third-order valence-corrected chi connectivity index (χ3v) is 4.03. The van der Waals surface area contributed by atoms with Crippen LogP contribution in [0.2, 0.25) is 0 Å². The Hall–Kier alpha value is -3.46. The molecule has 0 saturated carbocycles. The van der Waals surface area contributed by atoms with Gasteiger partial charge in [-0.15, -0.1) is 0 Å². The average Bonchev–Trinajstić information content (AvgIpc) is 3.21. The van der Waals surface area contributed by atoms with Crippen molar-refractivity contribution in [1.29, 1.82) is 0 Å². The maximum Gasteiger partial charge on any atom is 0.316 e. The fourth-order valence-corrected chi connectivity index (χ4v) is 2.51. The van der Waals surface area contributed by atoms with Gasteiger partial charge in [-0.05, 0) is 18.9 Å². The Morgan fingerprint density at radius 3 is 2.72 bits per heavy atom. The number of methoxy groups -OCH3 is 1. The third-order valence-electron chi connectivity index (χ3n) is 4.03. The first kappa shape index (κ1) is 20.3. The van der Waals surface area contributed by atoms with Gasteiger partial charge in [-0.3, -0.25) is 9.59 Å². The number of ether oxygens (including phenoxy) is 2. The van der Waals surface area contributed by atoms with E-state index in [-0.39, 0.29) is 23.7 Å². The predicted octanol–water partition coefficient (Wildman–Crippen LogP) is 2.34. The normalized spacial score (nSPS) is 10.7. The molecule has 0 spiro atoms. The summed E-state index contributed by atoms with van der Waals surface area (Å²) in [5.74, 6) is 0.391. The molecule has 0 fully saturated rings. The van der Waals surface area contributed by atoms with Crippen LogP contribution in [0.15, 0.2) is 50.3 Å². The van der Waals surface area contributed by atoms with E-state index >= 15 is 0 Å². The summed E-state index contributed by atoms with van der Waals surface area (Å²) >= 11 is 0. The van der Waals surface area contributed by atoms with Crippen molar-refractivity contribution in [2.24, 2.45) is 0 Å². The van der Waals surface area contributed by atoms with Crippen LogP contribution in [0.1, 0.15) is 28.4 Å². The van der Waals surface area contributed by atoms with Crippen LogP contribution >= 0.6 is 0 Å². The Bertz CT molecular complexity index is 1010. The quantitative estimate of drug-likeness (QED) is 0.545. The number of nitrogens with one attached hydrogen (secondary N) is 1. The molecule has 0 aliphatic carbocycles. The molecule has 3 rings (SSSR count). The summed E-state index contributed by atoms with van der Waals surface area (Å²) in [5.41, 5.74) is 1.30. The lowest BCUT2D eigenvalue weighted by Crippen LogP contribution is -2.25. The number of carbonyl (C=O) groups is 1. The Kier molecular flexibility index (Phi) is 6.75. The highest BCUT2D eigenvalue weighted by molar-refractivity contribution is 5.89. The lowest BCUT2D eigenvalue weighted by Gasteiger charge is -2.07. The van der Waals surface area contributed by atoms with Crippen molar-refractivity contribution in [3.8, 4) is 17.1 Å². The number of aromatic nitrogens is 2. The molecule has 2 heterocycles. The second-order valence-corrected chi connectivity index (χ2v) is 6.18. The molecule has 9 heteroatoms. The van der Waals surface area contributed by atoms with E-state index in [2.05, 4.69) is 15.5 Å². The van der Waals surface area contributed by atoms with E-state index in [1.165, 1.54) is 12.3 Å². The number of rotatable bonds is 9. The summed E-state index contributed by atoms with van der Waals surface area (Å²) in [5, 5.41) is 6.53. The van der Waals surface area contributed by atoms with Crippen LogP contribution < -0.4 is 15.5 Å². The second kappa shape index (κ2) is 9.65. The Balaban J connectivity index is 1.60. The predicted molar refractivity (Wildman–Crippen MR) is 103 cm³/mol. The molecule has 1 N–H and O–H groups in total. The Morgan fingerprint density at radius 1 is 1.21 bits per heavy atom. The van der Waals surface area contributed by atoms with Gasteiger partial charge in [0.05, 0.1) is 6.26 Å². The zero-order valence-electron chi connectivity index (χ0n) is 16.1. The molecule has 9 nitrogen and oxygen atoms in total. The fourth-order valence-electron chi connectivity index (χ4n) is 2.51. The molecule has 0 unspecified atom stereocenters. The van der Waals surface area contributed by atoms with Gasteiger partial charge >= 0.3 is 11.8 Å². The molecule has 3 aromatic rings. The maximum atomic E-state index is 12.0. The van der Waals surface area contributed by atoms with Crippen molar-refractivity contribution < 1.29 is 23.2 Å². The second-order valence-electron chi connectivity index (χ2n) is 6.18. The minimum atomic E-state index is -0.429. The number of aryl methyl sites for hydroxylation is 1. The zero-order chi connectivity index (χ0) is 20.6. The van der Waals surface area contributed by atoms with Gasteiger partial charge < -0.3 is 23.7 Å². The van der Waals surface area contributed by atoms with Gasteiger partial charge in [0, 0.05) is 31.9 Å². The first-order valence-electron chi connectivity index (χ1n) is 9.00. The molecule has 0 aliphatic rings. The smallest absolute Gasteiger partial charge is 0.316 e. The summed E-state index contributed by atoms with van der Waals surface area (Å²) in [6.45, 7) is 2.89. The number of amides is 1. The highest BCUT2D eigenvalue weighted by Gasteiger charge is 2.15. The molecular formula is C20H21N3O6. The van der Waals surface area contributed by atoms with E-state index in [9.17, 15) is 9.59 Å². The molecular weight excluding hydrogens is 378 g/mol. The van der Waals surface area contributed by atoms with Crippen LogP contribution in [-0.4, -0.2) is 36.3 Å². The average molecular weight is 399 g/mol. The minimum absolute atomic E-state index is 0.101. The highest BCUT2D eigenvalue weighted by Crippen LogP contribution is 2.18. The van der Waals surface area contributed by atoms with E-state index in [4.69, 9.17) is 18.4 Å². The monoisotopic (exact) mass is 399 g/mol. The molecule has 0 radical (unpaired) electrons. The number of nitrogens with zero attached hydrogens (tertiary/aromatic N) is 2. The number of hydrogen-bond donors (Lipinski definition) is 1. The minimum Gasteiger partial charge on any atom is -0.482 e. The number of hydrogen-bond acceptors (Lipinski definition) is 8. The van der Waals surface area contributed by atoms with Gasteiger partial charge in [0.2, 0.25) is 17.0 Å². The lowest BCUT2D eigenvalue weighted by atomic mass is 10.1. The standard InChI is InChI=1S/C20H21N3O6/c1-13-17(16(24)8-11-27-13)28-12-14-4-6-15(7-5-14)18-22-20(29-23-18)19(25)21-9-3-10-26-2/h4-8,11H,3,9-10,12H2,1-2H3,(H,21,25). The highest BCUT2D eigenvalue weighted by atomic mass is 16.5. The van der Waals surface area contributed by atoms with E-state index in [1.807, 2.05) is 12.1 Å². The van der Waals surface area contributed by atoms with Gasteiger partial charge in [0.1, 0.15) is 12.4 Å². The molecule has 152 valence electrons. The van der Waals surface area contributed by atoms with Crippen LogP contribution in [-0.2, 0) is 11.3 Å². The van der Waals surface area contributed by atoms with Crippen LogP contribution in [0.3, 0.4) is 0 Å². The first-order valence-corrected chi connectivity index (χ1v) is 9.00. The van der Waals surface area contributed by atoms with Crippen molar-refractivity contribution in [1.82, 2.24) is 15.5 Å². The zero-order valence-corrected chi connectivity index (χ0v) is 16.1. The topological polar surface area (TPSA) is 117 Å². The molecule has 29 heavy (non-hydrogen) atoms. The van der Waals surface area contributed by atoms with E-state index in [0.29, 0.717) is 36.7 Å².